The van der Waals surface area contributed by atoms with Gasteiger partial charge in [-0.15, -0.1) is 0 Å². The Hall–Kier alpha value is -2.25. The molecule has 1 heterocycles. The second-order valence-corrected chi connectivity index (χ2v) is 5.52. The molecule has 6 nitrogen and oxygen atoms in total. The fourth-order valence-electron chi connectivity index (χ4n) is 1.85. The van der Waals surface area contributed by atoms with E-state index in [1.165, 1.54) is 29.5 Å². The summed E-state index contributed by atoms with van der Waals surface area (Å²) in [5.41, 5.74) is -0.816. The lowest BCUT2D eigenvalue weighted by atomic mass is 9.99. The second kappa shape index (κ2) is 6.02. The van der Waals surface area contributed by atoms with Crippen molar-refractivity contribution in [1.29, 1.82) is 0 Å². The molecule has 0 spiro atoms. The third kappa shape index (κ3) is 3.45. The highest BCUT2D eigenvalue weighted by molar-refractivity contribution is 7.08. The molecule has 2 rings (SSSR count). The van der Waals surface area contributed by atoms with Gasteiger partial charge in [0.2, 0.25) is 0 Å². The molecule has 1 amide bonds. The lowest BCUT2D eigenvalue weighted by molar-refractivity contribution is -0.385. The molecular weight excluding hydrogens is 292 g/mol. The number of amides is 1. The number of nitro groups is 1. The van der Waals surface area contributed by atoms with Crippen LogP contribution in [-0.4, -0.2) is 22.5 Å². The zero-order chi connectivity index (χ0) is 15.5. The number of carbonyl (C=O) groups is 1. The quantitative estimate of drug-likeness (QED) is 0.655. The van der Waals surface area contributed by atoms with Crippen LogP contribution in [0.25, 0.3) is 0 Å². The molecule has 0 aliphatic rings. The van der Waals surface area contributed by atoms with Gasteiger partial charge in [-0.3, -0.25) is 14.9 Å². The van der Waals surface area contributed by atoms with Crippen molar-refractivity contribution in [3.63, 3.8) is 0 Å². The van der Waals surface area contributed by atoms with Gasteiger partial charge < -0.3 is 10.4 Å². The Morgan fingerprint density at radius 3 is 2.76 bits per heavy atom. The Morgan fingerprint density at radius 1 is 1.43 bits per heavy atom. The molecule has 1 atom stereocenters. The van der Waals surface area contributed by atoms with Gasteiger partial charge in [0.05, 0.1) is 11.5 Å². The highest BCUT2D eigenvalue weighted by Gasteiger charge is 2.26. The molecule has 110 valence electrons. The fourth-order valence-corrected chi connectivity index (χ4v) is 2.63. The summed E-state index contributed by atoms with van der Waals surface area (Å²) in [7, 11) is 0. The smallest absolute Gasteiger partial charge is 0.282 e. The van der Waals surface area contributed by atoms with E-state index < -0.39 is 16.4 Å². The van der Waals surface area contributed by atoms with Crippen molar-refractivity contribution in [3.8, 4) is 0 Å². The number of benzene rings is 1. The summed E-state index contributed by atoms with van der Waals surface area (Å²) in [6.45, 7) is 1.54. The summed E-state index contributed by atoms with van der Waals surface area (Å²) < 4.78 is 0. The van der Waals surface area contributed by atoms with Gasteiger partial charge in [-0.05, 0) is 35.4 Å². The standard InChI is InChI=1S/C14H14N2O4S/c1-14(18,10-6-7-21-8-10)9-15-13(17)11-4-2-3-5-12(11)16(19)20/h2-8,18H,9H2,1H3,(H,15,17). The molecule has 0 fully saturated rings. The van der Waals surface area contributed by atoms with Crippen molar-refractivity contribution in [3.05, 3.63) is 62.3 Å². The van der Waals surface area contributed by atoms with Crippen LogP contribution in [0.2, 0.25) is 0 Å². The first-order valence-electron chi connectivity index (χ1n) is 6.18. The van der Waals surface area contributed by atoms with Crippen molar-refractivity contribution in [2.75, 3.05) is 6.54 Å². The largest absolute Gasteiger partial charge is 0.384 e. The number of hydrogen-bond acceptors (Lipinski definition) is 5. The normalized spacial score (nSPS) is 13.4. The Labute approximate surface area is 125 Å². The molecule has 0 saturated heterocycles. The predicted molar refractivity (Wildman–Crippen MR) is 79.3 cm³/mol. The van der Waals surface area contributed by atoms with Crippen LogP contribution in [0.5, 0.6) is 0 Å². The monoisotopic (exact) mass is 306 g/mol. The van der Waals surface area contributed by atoms with Crippen LogP contribution in [0.4, 0.5) is 5.69 Å². The first-order valence-corrected chi connectivity index (χ1v) is 7.13. The molecule has 0 bridgehead atoms. The summed E-state index contributed by atoms with van der Waals surface area (Å²) in [6.07, 6.45) is 0. The molecule has 0 saturated carbocycles. The summed E-state index contributed by atoms with van der Waals surface area (Å²) in [6, 6.07) is 7.47. The van der Waals surface area contributed by atoms with Gasteiger partial charge in [0.25, 0.3) is 11.6 Å². The number of para-hydroxylation sites is 1. The topological polar surface area (TPSA) is 92.5 Å². The number of aliphatic hydroxyl groups is 1. The molecule has 0 aliphatic heterocycles. The van der Waals surface area contributed by atoms with Crippen LogP contribution in [0, 0.1) is 10.1 Å². The minimum Gasteiger partial charge on any atom is -0.384 e. The maximum absolute atomic E-state index is 12.1. The van der Waals surface area contributed by atoms with Crippen LogP contribution in [0.1, 0.15) is 22.8 Å². The van der Waals surface area contributed by atoms with Crippen LogP contribution in [0.15, 0.2) is 41.1 Å². The van der Waals surface area contributed by atoms with E-state index in [1.807, 2.05) is 5.38 Å². The van der Waals surface area contributed by atoms with Gasteiger partial charge in [0, 0.05) is 6.07 Å². The van der Waals surface area contributed by atoms with Crippen molar-refractivity contribution >= 4 is 22.9 Å². The molecule has 0 aliphatic carbocycles. The average Bonchev–Trinajstić information content (AvgIpc) is 3.00. The average molecular weight is 306 g/mol. The van der Waals surface area contributed by atoms with E-state index in [0.29, 0.717) is 5.56 Å². The van der Waals surface area contributed by atoms with E-state index in [2.05, 4.69) is 5.32 Å². The Morgan fingerprint density at radius 2 is 2.14 bits per heavy atom. The lowest BCUT2D eigenvalue weighted by Crippen LogP contribution is -2.38. The first kappa shape index (κ1) is 15.1. The van der Waals surface area contributed by atoms with Gasteiger partial charge in [0.15, 0.2) is 0 Å². The Kier molecular flexibility index (Phi) is 4.35. The molecule has 1 unspecified atom stereocenters. The number of thiophene rings is 1. The minimum atomic E-state index is -1.22. The third-order valence-corrected chi connectivity index (χ3v) is 3.76. The van der Waals surface area contributed by atoms with E-state index in [0.717, 1.165) is 0 Å². The maximum Gasteiger partial charge on any atom is 0.282 e. The van der Waals surface area contributed by atoms with E-state index in [9.17, 15) is 20.0 Å². The lowest BCUT2D eigenvalue weighted by Gasteiger charge is -2.22. The van der Waals surface area contributed by atoms with E-state index in [1.54, 1.807) is 24.4 Å². The SMILES string of the molecule is CC(O)(CNC(=O)c1ccccc1[N+](=O)[O-])c1ccsc1. The Bertz CT molecular complexity index is 653. The van der Waals surface area contributed by atoms with E-state index in [4.69, 9.17) is 0 Å². The molecule has 1 aromatic carbocycles. The third-order valence-electron chi connectivity index (χ3n) is 3.08. The van der Waals surface area contributed by atoms with E-state index in [-0.39, 0.29) is 17.8 Å². The van der Waals surface area contributed by atoms with Crippen molar-refractivity contribution in [1.82, 2.24) is 5.32 Å². The van der Waals surface area contributed by atoms with Gasteiger partial charge in [0.1, 0.15) is 11.2 Å². The number of hydrogen-bond donors (Lipinski definition) is 2. The molecular formula is C14H14N2O4S. The number of nitrogens with zero attached hydrogens (tertiary/aromatic N) is 1. The molecule has 2 N–H and O–H groups in total. The molecule has 0 radical (unpaired) electrons. The van der Waals surface area contributed by atoms with Crippen LogP contribution in [0.3, 0.4) is 0 Å². The highest BCUT2D eigenvalue weighted by Crippen LogP contribution is 2.23. The number of nitrogens with one attached hydrogen (secondary N) is 1. The number of carbonyl (C=O) groups excluding carboxylic acids is 1. The summed E-state index contributed by atoms with van der Waals surface area (Å²) in [5, 5.41) is 27.3. The van der Waals surface area contributed by atoms with E-state index >= 15 is 0 Å². The number of nitro benzene ring substituents is 1. The highest BCUT2D eigenvalue weighted by atomic mass is 32.1. The van der Waals surface area contributed by atoms with Crippen molar-refractivity contribution < 1.29 is 14.8 Å². The minimum absolute atomic E-state index is 0.0244. The molecule has 2 aromatic rings. The van der Waals surface area contributed by atoms with Crippen LogP contribution in [-0.2, 0) is 5.60 Å². The molecule has 7 heteroatoms. The van der Waals surface area contributed by atoms with Crippen molar-refractivity contribution in [2.45, 2.75) is 12.5 Å². The first-order chi connectivity index (χ1) is 9.92. The molecule has 1 aromatic heterocycles. The summed E-state index contributed by atoms with van der Waals surface area (Å²) >= 11 is 1.44. The summed E-state index contributed by atoms with van der Waals surface area (Å²) in [4.78, 5) is 22.3. The van der Waals surface area contributed by atoms with Crippen LogP contribution >= 0.6 is 11.3 Å². The van der Waals surface area contributed by atoms with Gasteiger partial charge in [-0.1, -0.05) is 12.1 Å². The predicted octanol–water partition coefficient (Wildman–Crippen LogP) is 2.29. The number of rotatable bonds is 5. The second-order valence-electron chi connectivity index (χ2n) is 4.74. The zero-order valence-electron chi connectivity index (χ0n) is 11.3. The van der Waals surface area contributed by atoms with Gasteiger partial charge in [-0.2, -0.15) is 11.3 Å². The van der Waals surface area contributed by atoms with Gasteiger partial charge >= 0.3 is 0 Å². The van der Waals surface area contributed by atoms with Crippen molar-refractivity contribution in [2.24, 2.45) is 0 Å². The fraction of sp³-hybridized carbons (Fsp3) is 0.214. The molecule has 21 heavy (non-hydrogen) atoms. The van der Waals surface area contributed by atoms with Gasteiger partial charge in [-0.25, -0.2) is 0 Å². The Balaban J connectivity index is 2.11. The summed E-state index contributed by atoms with van der Waals surface area (Å²) in [5.74, 6) is -0.585. The van der Waals surface area contributed by atoms with Crippen LogP contribution < -0.4 is 5.32 Å². The zero-order valence-corrected chi connectivity index (χ0v) is 12.1. The maximum atomic E-state index is 12.1.